The highest BCUT2D eigenvalue weighted by Gasteiger charge is 2.46. The average molecular weight is 487 g/mol. The third-order valence-corrected chi connectivity index (χ3v) is 6.29. The van der Waals surface area contributed by atoms with Crippen LogP contribution in [0.1, 0.15) is 66.4 Å². The van der Waals surface area contributed by atoms with Gasteiger partial charge in [-0.25, -0.2) is 9.59 Å². The van der Waals surface area contributed by atoms with Crippen molar-refractivity contribution in [3.63, 3.8) is 0 Å². The van der Waals surface area contributed by atoms with E-state index < -0.39 is 29.7 Å². The third-order valence-electron chi connectivity index (χ3n) is 6.29. The number of carbonyl (C=O) groups is 3. The molecule has 0 saturated carbocycles. The third kappa shape index (κ3) is 7.58. The Morgan fingerprint density at radius 3 is 2.37 bits per heavy atom. The lowest BCUT2D eigenvalue weighted by Crippen LogP contribution is -2.58. The van der Waals surface area contributed by atoms with E-state index >= 15 is 0 Å². The molecule has 1 saturated heterocycles. The van der Waals surface area contributed by atoms with Crippen molar-refractivity contribution in [2.45, 2.75) is 91.0 Å². The van der Waals surface area contributed by atoms with Crippen molar-refractivity contribution < 1.29 is 23.9 Å². The molecule has 7 nitrogen and oxygen atoms in total. The second-order valence-electron chi connectivity index (χ2n) is 10.2. The quantitative estimate of drug-likeness (QED) is 0.363. The summed E-state index contributed by atoms with van der Waals surface area (Å²) < 4.78 is 10.8. The van der Waals surface area contributed by atoms with Crippen molar-refractivity contribution in [1.29, 1.82) is 0 Å². The zero-order valence-electron chi connectivity index (χ0n) is 22.3. The zero-order valence-corrected chi connectivity index (χ0v) is 22.3. The van der Waals surface area contributed by atoms with Crippen LogP contribution in [0.15, 0.2) is 42.5 Å². The fourth-order valence-corrected chi connectivity index (χ4v) is 4.54. The molecule has 194 valence electrons. The summed E-state index contributed by atoms with van der Waals surface area (Å²) in [6, 6.07) is 7.76. The summed E-state index contributed by atoms with van der Waals surface area (Å²) >= 11 is 0. The van der Waals surface area contributed by atoms with Crippen LogP contribution in [0.2, 0.25) is 0 Å². The van der Waals surface area contributed by atoms with Gasteiger partial charge in [0.2, 0.25) is 5.91 Å². The van der Waals surface area contributed by atoms with Gasteiger partial charge < -0.3 is 14.4 Å². The number of hydrogen-bond acceptors (Lipinski definition) is 5. The Labute approximate surface area is 210 Å². The summed E-state index contributed by atoms with van der Waals surface area (Å²) in [5, 5.41) is 0. The highest BCUT2D eigenvalue weighted by molar-refractivity contribution is 5.91. The number of amides is 2. The number of ether oxygens (including phenoxy) is 2. The number of allylic oxidation sites excluding steroid dienone is 1. The molecule has 2 unspecified atom stereocenters. The molecule has 1 aliphatic heterocycles. The lowest BCUT2D eigenvalue weighted by molar-refractivity contribution is -0.156. The topological polar surface area (TPSA) is 76.2 Å². The molecule has 0 N–H and O–H groups in total. The minimum Gasteiger partial charge on any atom is -0.467 e. The largest absolute Gasteiger partial charge is 0.467 e. The highest BCUT2D eigenvalue weighted by Crippen LogP contribution is 2.30. The van der Waals surface area contributed by atoms with Gasteiger partial charge >= 0.3 is 12.1 Å². The number of benzene rings is 1. The monoisotopic (exact) mass is 486 g/mol. The molecule has 1 aromatic carbocycles. The van der Waals surface area contributed by atoms with E-state index in [1.165, 1.54) is 12.0 Å². The van der Waals surface area contributed by atoms with Gasteiger partial charge in [0.1, 0.15) is 17.7 Å². The molecule has 4 atom stereocenters. The van der Waals surface area contributed by atoms with Crippen LogP contribution < -0.4 is 0 Å². The molecule has 0 bridgehead atoms. The standard InChI is InChI=1S/C28H42N2O5/c1-8-10-16-22(9-2)30(23(26(32)34-7)19-21-14-12-11-13-15-21)25(31)24-20(3)17-18-29(24)27(33)35-28(4,5)6/h10-16,20,22-24H,8-9,17-19H2,1-7H3/b16-10+/t20-,22?,23?,24-/m1/s1. The summed E-state index contributed by atoms with van der Waals surface area (Å²) in [4.78, 5) is 43.6. The first-order chi connectivity index (χ1) is 16.5. The predicted octanol–water partition coefficient (Wildman–Crippen LogP) is 4.99. The Balaban J connectivity index is 2.52. The van der Waals surface area contributed by atoms with E-state index in [0.29, 0.717) is 25.8 Å². The fraction of sp³-hybridized carbons (Fsp3) is 0.607. The molecule has 2 rings (SSSR count). The molecule has 35 heavy (non-hydrogen) atoms. The zero-order chi connectivity index (χ0) is 26.2. The number of nitrogens with zero attached hydrogens (tertiary/aromatic N) is 2. The first-order valence-corrected chi connectivity index (χ1v) is 12.6. The Kier molecular flexibility index (Phi) is 10.3. The number of rotatable bonds is 9. The van der Waals surface area contributed by atoms with Gasteiger partial charge in [-0.1, -0.05) is 63.3 Å². The van der Waals surface area contributed by atoms with Gasteiger partial charge in [-0.05, 0) is 51.5 Å². The van der Waals surface area contributed by atoms with Crippen LogP contribution in [0.25, 0.3) is 0 Å². The summed E-state index contributed by atoms with van der Waals surface area (Å²) in [5.74, 6) is -0.792. The molecule has 0 spiro atoms. The maximum absolute atomic E-state index is 14.3. The Morgan fingerprint density at radius 2 is 1.83 bits per heavy atom. The van der Waals surface area contributed by atoms with E-state index in [0.717, 1.165) is 12.0 Å². The molecule has 7 heteroatoms. The number of hydrogen-bond donors (Lipinski definition) is 0. The molecule has 1 aliphatic rings. The van der Waals surface area contributed by atoms with E-state index in [4.69, 9.17) is 9.47 Å². The van der Waals surface area contributed by atoms with E-state index in [9.17, 15) is 14.4 Å². The van der Waals surface area contributed by atoms with Gasteiger partial charge in [-0.2, -0.15) is 0 Å². The molecule has 1 aromatic rings. The number of methoxy groups -OCH3 is 1. The molecular weight excluding hydrogens is 444 g/mol. The molecule has 0 radical (unpaired) electrons. The predicted molar refractivity (Wildman–Crippen MR) is 137 cm³/mol. The summed E-state index contributed by atoms with van der Waals surface area (Å²) in [6.07, 6.45) is 5.93. The van der Waals surface area contributed by atoms with Gasteiger partial charge in [-0.15, -0.1) is 0 Å². The van der Waals surface area contributed by atoms with Crippen molar-refractivity contribution in [2.24, 2.45) is 5.92 Å². The molecule has 2 amide bonds. The maximum Gasteiger partial charge on any atom is 0.410 e. The second-order valence-corrected chi connectivity index (χ2v) is 10.2. The maximum atomic E-state index is 14.3. The number of carbonyl (C=O) groups excluding carboxylic acids is 3. The Morgan fingerprint density at radius 1 is 1.17 bits per heavy atom. The molecule has 1 fully saturated rings. The van der Waals surface area contributed by atoms with Crippen LogP contribution in [-0.4, -0.2) is 65.2 Å². The van der Waals surface area contributed by atoms with Crippen molar-refractivity contribution in [3.05, 3.63) is 48.0 Å². The van der Waals surface area contributed by atoms with Gasteiger partial charge in [0.05, 0.1) is 13.2 Å². The highest BCUT2D eigenvalue weighted by atomic mass is 16.6. The smallest absolute Gasteiger partial charge is 0.410 e. The lowest BCUT2D eigenvalue weighted by atomic mass is 9.96. The van der Waals surface area contributed by atoms with Crippen LogP contribution in [-0.2, 0) is 25.5 Å². The molecule has 0 aliphatic carbocycles. The second kappa shape index (κ2) is 12.8. The fourth-order valence-electron chi connectivity index (χ4n) is 4.54. The molecule has 1 heterocycles. The van der Waals surface area contributed by atoms with Gasteiger partial charge in [0, 0.05) is 13.0 Å². The molecular formula is C28H42N2O5. The Hall–Kier alpha value is -2.83. The van der Waals surface area contributed by atoms with Gasteiger partial charge in [-0.3, -0.25) is 9.69 Å². The first kappa shape index (κ1) is 28.4. The first-order valence-electron chi connectivity index (χ1n) is 12.6. The molecule has 0 aromatic heterocycles. The summed E-state index contributed by atoms with van der Waals surface area (Å²) in [7, 11) is 1.34. The summed E-state index contributed by atoms with van der Waals surface area (Å²) in [5.41, 5.74) is 0.256. The van der Waals surface area contributed by atoms with Crippen molar-refractivity contribution in [2.75, 3.05) is 13.7 Å². The lowest BCUT2D eigenvalue weighted by Gasteiger charge is -2.39. The van der Waals surface area contributed by atoms with Crippen molar-refractivity contribution in [3.8, 4) is 0 Å². The van der Waals surface area contributed by atoms with Crippen LogP contribution in [0.5, 0.6) is 0 Å². The minimum absolute atomic E-state index is 0.0693. The van der Waals surface area contributed by atoms with Crippen LogP contribution in [0, 0.1) is 5.92 Å². The Bertz CT molecular complexity index is 877. The van der Waals surface area contributed by atoms with Gasteiger partial charge in [0.25, 0.3) is 0 Å². The van der Waals surface area contributed by atoms with Crippen LogP contribution >= 0.6 is 0 Å². The van der Waals surface area contributed by atoms with Gasteiger partial charge in [0.15, 0.2) is 0 Å². The van der Waals surface area contributed by atoms with E-state index in [1.54, 1.807) is 4.90 Å². The normalized spacial score (nSPS) is 19.9. The minimum atomic E-state index is -0.824. The van der Waals surface area contributed by atoms with E-state index in [2.05, 4.69) is 0 Å². The average Bonchev–Trinajstić information content (AvgIpc) is 3.21. The number of esters is 1. The summed E-state index contributed by atoms with van der Waals surface area (Å²) in [6.45, 7) is 11.9. The van der Waals surface area contributed by atoms with Crippen LogP contribution in [0.4, 0.5) is 4.79 Å². The van der Waals surface area contributed by atoms with E-state index in [1.807, 2.05) is 84.0 Å². The van der Waals surface area contributed by atoms with Crippen LogP contribution in [0.3, 0.4) is 0 Å². The van der Waals surface area contributed by atoms with E-state index in [-0.39, 0.29) is 17.9 Å². The SMILES string of the molecule is CC/C=C/C(CC)N(C(=O)[C@H]1[C@H](C)CCN1C(=O)OC(C)(C)C)C(Cc1ccccc1)C(=O)OC. The number of likely N-dealkylation sites (tertiary alicyclic amines) is 1. The van der Waals surface area contributed by atoms with Crippen molar-refractivity contribution in [1.82, 2.24) is 9.80 Å². The van der Waals surface area contributed by atoms with Crippen molar-refractivity contribution >= 4 is 18.0 Å².